The first-order valence-corrected chi connectivity index (χ1v) is 5.30. The van der Waals surface area contributed by atoms with Crippen LogP contribution in [-0.2, 0) is 0 Å². The van der Waals surface area contributed by atoms with Crippen molar-refractivity contribution in [1.29, 1.82) is 0 Å². The van der Waals surface area contributed by atoms with Crippen molar-refractivity contribution in [3.63, 3.8) is 0 Å². The molecule has 0 aliphatic carbocycles. The molecule has 0 N–H and O–H groups in total. The molecule has 2 aromatic rings. The molecule has 17 heavy (non-hydrogen) atoms. The van der Waals surface area contributed by atoms with Crippen molar-refractivity contribution in [2.24, 2.45) is 0 Å². The molecule has 0 nitrogen and oxygen atoms in total. The van der Waals surface area contributed by atoms with Crippen LogP contribution >= 0.6 is 0 Å². The van der Waals surface area contributed by atoms with Gasteiger partial charge in [-0.25, -0.2) is 8.78 Å². The summed E-state index contributed by atoms with van der Waals surface area (Å²) in [7, 11) is 0. The van der Waals surface area contributed by atoms with Gasteiger partial charge in [0.1, 0.15) is 0 Å². The van der Waals surface area contributed by atoms with Crippen LogP contribution in [0.2, 0.25) is 0 Å². The molecular weight excluding hydrogens is 218 g/mol. The fourth-order valence-corrected chi connectivity index (χ4v) is 1.83. The summed E-state index contributed by atoms with van der Waals surface area (Å²) in [4.78, 5) is 0. The van der Waals surface area contributed by atoms with Gasteiger partial charge in [0.25, 0.3) is 0 Å². The van der Waals surface area contributed by atoms with Gasteiger partial charge in [0.15, 0.2) is 11.6 Å². The molecule has 86 valence electrons. The van der Waals surface area contributed by atoms with Gasteiger partial charge in [-0.1, -0.05) is 43.0 Å². The van der Waals surface area contributed by atoms with Gasteiger partial charge in [-0.3, -0.25) is 0 Å². The Hall–Kier alpha value is -1.96. The number of rotatable bonds is 2. The second-order valence-corrected chi connectivity index (χ2v) is 3.93. The molecule has 0 fully saturated rings. The number of halogens is 2. The van der Waals surface area contributed by atoms with Crippen LogP contribution in [0.3, 0.4) is 0 Å². The van der Waals surface area contributed by atoms with E-state index in [2.05, 4.69) is 6.58 Å². The van der Waals surface area contributed by atoms with E-state index in [-0.39, 0.29) is 5.56 Å². The minimum Gasteiger partial charge on any atom is -0.204 e. The summed E-state index contributed by atoms with van der Waals surface area (Å²) in [5.41, 5.74) is 2.28. The third kappa shape index (κ3) is 2.11. The fourth-order valence-electron chi connectivity index (χ4n) is 1.83. The van der Waals surface area contributed by atoms with Crippen molar-refractivity contribution in [3.8, 4) is 11.1 Å². The smallest absolute Gasteiger partial charge is 0.166 e. The van der Waals surface area contributed by atoms with E-state index in [1.165, 1.54) is 0 Å². The average molecular weight is 230 g/mol. The lowest BCUT2D eigenvalue weighted by Gasteiger charge is -2.11. The van der Waals surface area contributed by atoms with Gasteiger partial charge in [0.05, 0.1) is 0 Å². The van der Waals surface area contributed by atoms with E-state index < -0.39 is 11.6 Å². The van der Waals surface area contributed by atoms with E-state index in [4.69, 9.17) is 0 Å². The first-order valence-electron chi connectivity index (χ1n) is 5.30. The van der Waals surface area contributed by atoms with Crippen molar-refractivity contribution < 1.29 is 8.78 Å². The van der Waals surface area contributed by atoms with E-state index in [0.717, 1.165) is 11.6 Å². The van der Waals surface area contributed by atoms with Crippen LogP contribution in [0.15, 0.2) is 49.0 Å². The molecule has 0 amide bonds. The monoisotopic (exact) mass is 230 g/mol. The van der Waals surface area contributed by atoms with E-state index in [1.54, 1.807) is 13.0 Å². The maximum atomic E-state index is 13.8. The third-order valence-electron chi connectivity index (χ3n) is 2.61. The molecule has 0 atom stereocenters. The standard InChI is InChI=1S/C15H12F2/c1-10(2)14-12(8-9-13(16)15(14)17)11-6-4-3-5-7-11/h3-9H,1H2,2H3. The van der Waals surface area contributed by atoms with Gasteiger partial charge in [-0.15, -0.1) is 0 Å². The minimum absolute atomic E-state index is 0.246. The topological polar surface area (TPSA) is 0 Å². The Morgan fingerprint density at radius 1 is 1.00 bits per heavy atom. The van der Waals surface area contributed by atoms with E-state index in [9.17, 15) is 8.78 Å². The summed E-state index contributed by atoms with van der Waals surface area (Å²) in [6, 6.07) is 12.0. The van der Waals surface area contributed by atoms with Crippen molar-refractivity contribution in [2.45, 2.75) is 6.92 Å². The highest BCUT2D eigenvalue weighted by atomic mass is 19.2. The predicted molar refractivity (Wildman–Crippen MR) is 66.5 cm³/mol. The lowest BCUT2D eigenvalue weighted by atomic mass is 9.95. The van der Waals surface area contributed by atoms with E-state index in [1.807, 2.05) is 30.3 Å². The molecule has 0 saturated carbocycles. The number of allylic oxidation sites excluding steroid dienone is 1. The summed E-state index contributed by atoms with van der Waals surface area (Å²) in [5, 5.41) is 0. The number of benzene rings is 2. The Labute approximate surface area is 99.2 Å². The highest BCUT2D eigenvalue weighted by Gasteiger charge is 2.14. The van der Waals surface area contributed by atoms with Crippen LogP contribution in [0.5, 0.6) is 0 Å². The highest BCUT2D eigenvalue weighted by molar-refractivity contribution is 5.80. The zero-order chi connectivity index (χ0) is 12.4. The Morgan fingerprint density at radius 2 is 1.65 bits per heavy atom. The van der Waals surface area contributed by atoms with E-state index in [0.29, 0.717) is 11.1 Å². The molecule has 2 rings (SSSR count). The quantitative estimate of drug-likeness (QED) is 0.703. The Morgan fingerprint density at radius 3 is 2.24 bits per heavy atom. The van der Waals surface area contributed by atoms with Gasteiger partial charge >= 0.3 is 0 Å². The second kappa shape index (κ2) is 4.50. The zero-order valence-electron chi connectivity index (χ0n) is 9.50. The van der Waals surface area contributed by atoms with E-state index >= 15 is 0 Å². The van der Waals surface area contributed by atoms with Gasteiger partial charge in [-0.05, 0) is 29.7 Å². The van der Waals surface area contributed by atoms with Crippen molar-refractivity contribution in [1.82, 2.24) is 0 Å². The van der Waals surface area contributed by atoms with Gasteiger partial charge in [0.2, 0.25) is 0 Å². The summed E-state index contributed by atoms with van der Waals surface area (Å²) in [6.45, 7) is 5.38. The maximum absolute atomic E-state index is 13.8. The molecule has 0 unspecified atom stereocenters. The van der Waals surface area contributed by atoms with Crippen LogP contribution in [0.1, 0.15) is 12.5 Å². The van der Waals surface area contributed by atoms with Crippen molar-refractivity contribution >= 4 is 5.57 Å². The Kier molecular flexibility index (Phi) is 3.05. The summed E-state index contributed by atoms with van der Waals surface area (Å²) < 4.78 is 27.0. The molecule has 0 aromatic heterocycles. The van der Waals surface area contributed by atoms with Crippen LogP contribution in [-0.4, -0.2) is 0 Å². The first kappa shape index (κ1) is 11.5. The van der Waals surface area contributed by atoms with Crippen molar-refractivity contribution in [3.05, 3.63) is 66.2 Å². The van der Waals surface area contributed by atoms with Crippen LogP contribution in [0.25, 0.3) is 16.7 Å². The van der Waals surface area contributed by atoms with Crippen molar-refractivity contribution in [2.75, 3.05) is 0 Å². The largest absolute Gasteiger partial charge is 0.204 e. The van der Waals surface area contributed by atoms with Gasteiger partial charge < -0.3 is 0 Å². The Balaban J connectivity index is 2.71. The SMILES string of the molecule is C=C(C)c1c(-c2ccccc2)ccc(F)c1F. The highest BCUT2D eigenvalue weighted by Crippen LogP contribution is 2.31. The zero-order valence-corrected chi connectivity index (χ0v) is 9.50. The summed E-state index contributed by atoms with van der Waals surface area (Å²) in [6.07, 6.45) is 0. The summed E-state index contributed by atoms with van der Waals surface area (Å²) in [5.74, 6) is -1.68. The molecular formula is C15H12F2. The molecule has 0 radical (unpaired) electrons. The van der Waals surface area contributed by atoms with Crippen LogP contribution in [0.4, 0.5) is 8.78 Å². The third-order valence-corrected chi connectivity index (χ3v) is 2.61. The second-order valence-electron chi connectivity index (χ2n) is 3.93. The number of hydrogen-bond donors (Lipinski definition) is 0. The molecule has 0 aliphatic heterocycles. The minimum atomic E-state index is -0.845. The van der Waals surface area contributed by atoms with Crippen LogP contribution in [0, 0.1) is 11.6 Å². The lowest BCUT2D eigenvalue weighted by Crippen LogP contribution is -1.95. The van der Waals surface area contributed by atoms with Gasteiger partial charge in [-0.2, -0.15) is 0 Å². The molecule has 2 aromatic carbocycles. The fraction of sp³-hybridized carbons (Fsp3) is 0.0667. The molecule has 0 bridgehead atoms. The summed E-state index contributed by atoms with van der Waals surface area (Å²) >= 11 is 0. The predicted octanol–water partition coefficient (Wildman–Crippen LogP) is 4.66. The Bertz CT molecular complexity index is 557. The first-order chi connectivity index (χ1) is 8.11. The van der Waals surface area contributed by atoms with Crippen LogP contribution < -0.4 is 0 Å². The molecule has 0 spiro atoms. The van der Waals surface area contributed by atoms with Gasteiger partial charge in [0, 0.05) is 5.56 Å². The number of hydrogen-bond acceptors (Lipinski definition) is 0. The molecule has 2 heteroatoms. The maximum Gasteiger partial charge on any atom is 0.166 e. The normalized spacial score (nSPS) is 10.3. The lowest BCUT2D eigenvalue weighted by molar-refractivity contribution is 0.507. The molecule has 0 saturated heterocycles. The average Bonchev–Trinajstić information content (AvgIpc) is 2.33. The molecule has 0 aliphatic rings. The molecule has 0 heterocycles.